The molecule has 1 spiro atoms. The summed E-state index contributed by atoms with van der Waals surface area (Å²) >= 11 is 0. The van der Waals surface area contributed by atoms with Crippen molar-refractivity contribution in [3.8, 4) is 0 Å². The standard InChI is InChI=1S/C26H33N3O2/c1-19(2)18-29-22(16-21-9-5-4-6-10-21)17-26(25(29)31)11-14-28(15-12-26)24(30)23-20(3)8-7-13-27-23/h4-10,13,19,22H,11-12,14-18H2,1-3H3/t22-/m1/s1. The van der Waals surface area contributed by atoms with Crippen LogP contribution in [-0.4, -0.2) is 52.3 Å². The van der Waals surface area contributed by atoms with Gasteiger partial charge in [0.05, 0.1) is 5.41 Å². The third kappa shape index (κ3) is 4.36. The number of hydrogen-bond donors (Lipinski definition) is 0. The lowest BCUT2D eigenvalue weighted by Gasteiger charge is -2.38. The number of hydrogen-bond acceptors (Lipinski definition) is 3. The molecule has 2 fully saturated rings. The summed E-state index contributed by atoms with van der Waals surface area (Å²) in [4.78, 5) is 34.9. The molecule has 4 rings (SSSR count). The van der Waals surface area contributed by atoms with E-state index in [0.717, 1.165) is 37.8 Å². The fourth-order valence-electron chi connectivity index (χ4n) is 5.23. The van der Waals surface area contributed by atoms with Crippen LogP contribution < -0.4 is 0 Å². The first-order valence-corrected chi connectivity index (χ1v) is 11.5. The Balaban J connectivity index is 1.49. The molecule has 2 amide bonds. The molecule has 2 aliphatic rings. The van der Waals surface area contributed by atoms with Crippen LogP contribution in [0.4, 0.5) is 0 Å². The van der Waals surface area contributed by atoms with Crippen molar-refractivity contribution in [1.29, 1.82) is 0 Å². The normalized spacial score (nSPS) is 20.6. The Kier molecular flexibility index (Phi) is 6.12. The van der Waals surface area contributed by atoms with Gasteiger partial charge in [0.2, 0.25) is 5.91 Å². The predicted octanol–water partition coefficient (Wildman–Crippen LogP) is 4.11. The number of aromatic nitrogens is 1. The van der Waals surface area contributed by atoms with Crippen LogP contribution in [0.3, 0.4) is 0 Å². The van der Waals surface area contributed by atoms with Gasteiger partial charge in [0, 0.05) is 31.9 Å². The molecule has 2 aromatic rings. The van der Waals surface area contributed by atoms with E-state index in [1.165, 1.54) is 5.56 Å². The van der Waals surface area contributed by atoms with Crippen molar-refractivity contribution in [2.24, 2.45) is 11.3 Å². The van der Waals surface area contributed by atoms with Crippen LogP contribution in [0.25, 0.3) is 0 Å². The monoisotopic (exact) mass is 419 g/mol. The highest BCUT2D eigenvalue weighted by Gasteiger charge is 2.52. The maximum absolute atomic E-state index is 13.6. The summed E-state index contributed by atoms with van der Waals surface area (Å²) in [5.41, 5.74) is 2.38. The van der Waals surface area contributed by atoms with E-state index in [1.807, 2.05) is 30.0 Å². The van der Waals surface area contributed by atoms with Crippen molar-refractivity contribution in [3.05, 3.63) is 65.5 Å². The molecule has 2 aliphatic heterocycles. The van der Waals surface area contributed by atoms with Gasteiger partial charge in [-0.15, -0.1) is 0 Å². The molecule has 5 heteroatoms. The van der Waals surface area contributed by atoms with Gasteiger partial charge in [-0.05, 0) is 55.7 Å². The van der Waals surface area contributed by atoms with Gasteiger partial charge in [0.1, 0.15) is 5.69 Å². The summed E-state index contributed by atoms with van der Waals surface area (Å²) in [6.07, 6.45) is 4.94. The molecular weight excluding hydrogens is 386 g/mol. The molecular formula is C26H33N3O2. The summed E-state index contributed by atoms with van der Waals surface area (Å²) in [6.45, 7) is 8.31. The minimum atomic E-state index is -0.329. The SMILES string of the molecule is Cc1cccnc1C(=O)N1CCC2(CC1)C[C@@H](Cc1ccccc1)N(CC(C)C)C2=O. The van der Waals surface area contributed by atoms with Gasteiger partial charge in [-0.1, -0.05) is 50.2 Å². The smallest absolute Gasteiger partial charge is 0.272 e. The van der Waals surface area contributed by atoms with Crippen molar-refractivity contribution in [1.82, 2.24) is 14.8 Å². The molecule has 0 radical (unpaired) electrons. The molecule has 0 bridgehead atoms. The van der Waals surface area contributed by atoms with Crippen LogP contribution in [0, 0.1) is 18.3 Å². The summed E-state index contributed by atoms with van der Waals surface area (Å²) in [5.74, 6) is 0.715. The first-order valence-electron chi connectivity index (χ1n) is 11.5. The lowest BCUT2D eigenvalue weighted by Crippen LogP contribution is -2.47. The number of rotatable bonds is 5. The zero-order valence-corrected chi connectivity index (χ0v) is 18.9. The van der Waals surface area contributed by atoms with Gasteiger partial charge in [0.25, 0.3) is 5.91 Å². The average molecular weight is 420 g/mol. The molecule has 3 heterocycles. The molecule has 5 nitrogen and oxygen atoms in total. The van der Waals surface area contributed by atoms with E-state index in [4.69, 9.17) is 0 Å². The van der Waals surface area contributed by atoms with Gasteiger partial charge in [0.15, 0.2) is 0 Å². The second-order valence-corrected chi connectivity index (χ2v) is 9.64. The molecule has 1 aromatic heterocycles. The van der Waals surface area contributed by atoms with E-state index in [9.17, 15) is 9.59 Å². The quantitative estimate of drug-likeness (QED) is 0.733. The van der Waals surface area contributed by atoms with Crippen molar-refractivity contribution in [3.63, 3.8) is 0 Å². The number of nitrogens with zero attached hydrogens (tertiary/aromatic N) is 3. The average Bonchev–Trinajstić information content (AvgIpc) is 3.00. The maximum Gasteiger partial charge on any atom is 0.272 e. The Morgan fingerprint density at radius 1 is 1.13 bits per heavy atom. The van der Waals surface area contributed by atoms with Gasteiger partial charge < -0.3 is 9.80 Å². The second kappa shape index (κ2) is 8.81. The van der Waals surface area contributed by atoms with Crippen LogP contribution >= 0.6 is 0 Å². The van der Waals surface area contributed by atoms with Crippen LogP contribution in [0.1, 0.15) is 54.7 Å². The third-order valence-corrected chi connectivity index (χ3v) is 6.88. The van der Waals surface area contributed by atoms with E-state index < -0.39 is 0 Å². The van der Waals surface area contributed by atoms with Gasteiger partial charge in [-0.3, -0.25) is 14.6 Å². The summed E-state index contributed by atoms with van der Waals surface area (Å²) in [6, 6.07) is 14.5. The summed E-state index contributed by atoms with van der Waals surface area (Å²) in [5, 5.41) is 0. The lowest BCUT2D eigenvalue weighted by molar-refractivity contribution is -0.139. The number of carbonyl (C=O) groups is 2. The number of benzene rings is 1. The zero-order chi connectivity index (χ0) is 22.0. The maximum atomic E-state index is 13.6. The topological polar surface area (TPSA) is 53.5 Å². The fourth-order valence-corrected chi connectivity index (χ4v) is 5.23. The first-order chi connectivity index (χ1) is 14.9. The predicted molar refractivity (Wildman–Crippen MR) is 122 cm³/mol. The number of pyridine rings is 1. The Morgan fingerprint density at radius 2 is 1.84 bits per heavy atom. The number of aryl methyl sites for hydroxylation is 1. The van der Waals surface area contributed by atoms with Crippen LogP contribution in [-0.2, 0) is 11.2 Å². The van der Waals surface area contributed by atoms with Crippen molar-refractivity contribution < 1.29 is 9.59 Å². The Bertz CT molecular complexity index is 933. The molecule has 1 atom stereocenters. The second-order valence-electron chi connectivity index (χ2n) is 9.64. The Hall–Kier alpha value is -2.69. The minimum absolute atomic E-state index is 0.0155. The highest BCUT2D eigenvalue weighted by Crippen LogP contribution is 2.45. The van der Waals surface area contributed by atoms with Crippen LogP contribution in [0.15, 0.2) is 48.7 Å². The van der Waals surface area contributed by atoms with Crippen LogP contribution in [0.5, 0.6) is 0 Å². The van der Waals surface area contributed by atoms with Gasteiger partial charge in [-0.2, -0.15) is 0 Å². The molecule has 31 heavy (non-hydrogen) atoms. The molecule has 0 aliphatic carbocycles. The van der Waals surface area contributed by atoms with Crippen molar-refractivity contribution >= 4 is 11.8 Å². The highest BCUT2D eigenvalue weighted by molar-refractivity contribution is 5.94. The van der Waals surface area contributed by atoms with E-state index in [2.05, 4.69) is 48.0 Å². The molecule has 0 N–H and O–H groups in total. The molecule has 2 saturated heterocycles. The largest absolute Gasteiger partial charge is 0.339 e. The molecule has 0 unspecified atom stereocenters. The Labute approximate surface area is 185 Å². The summed E-state index contributed by atoms with van der Waals surface area (Å²) in [7, 11) is 0. The molecule has 164 valence electrons. The van der Waals surface area contributed by atoms with E-state index in [1.54, 1.807) is 6.20 Å². The lowest BCUT2D eigenvalue weighted by atomic mass is 9.75. The first kappa shape index (κ1) is 21.5. The van der Waals surface area contributed by atoms with Gasteiger partial charge >= 0.3 is 0 Å². The number of likely N-dealkylation sites (tertiary alicyclic amines) is 2. The summed E-state index contributed by atoms with van der Waals surface area (Å²) < 4.78 is 0. The van der Waals surface area contributed by atoms with Gasteiger partial charge in [-0.25, -0.2) is 0 Å². The number of amides is 2. The van der Waals surface area contributed by atoms with E-state index >= 15 is 0 Å². The minimum Gasteiger partial charge on any atom is -0.339 e. The number of carbonyl (C=O) groups excluding carboxylic acids is 2. The Morgan fingerprint density at radius 3 is 2.48 bits per heavy atom. The molecule has 0 saturated carbocycles. The number of piperidine rings is 1. The van der Waals surface area contributed by atoms with Crippen molar-refractivity contribution in [2.75, 3.05) is 19.6 Å². The third-order valence-electron chi connectivity index (χ3n) is 6.88. The van der Waals surface area contributed by atoms with Crippen LogP contribution in [0.2, 0.25) is 0 Å². The fraction of sp³-hybridized carbons (Fsp3) is 0.500. The molecule has 1 aromatic carbocycles. The highest BCUT2D eigenvalue weighted by atomic mass is 16.2. The van der Waals surface area contributed by atoms with Crippen molar-refractivity contribution in [2.45, 2.75) is 52.5 Å². The van der Waals surface area contributed by atoms with E-state index in [-0.39, 0.29) is 17.4 Å². The zero-order valence-electron chi connectivity index (χ0n) is 18.9. The van der Waals surface area contributed by atoms with E-state index in [0.29, 0.717) is 30.6 Å².